The van der Waals surface area contributed by atoms with Gasteiger partial charge >= 0.3 is 0 Å². The Labute approximate surface area is 164 Å². The zero-order valence-corrected chi connectivity index (χ0v) is 16.3. The molecule has 1 aromatic rings. The van der Waals surface area contributed by atoms with Crippen molar-refractivity contribution in [3.05, 3.63) is 28.2 Å². The number of carbonyl (C=O) groups excluding carboxylic acids is 2. The van der Waals surface area contributed by atoms with Gasteiger partial charge in [-0.2, -0.15) is 0 Å². The molecule has 1 heterocycles. The highest BCUT2D eigenvalue weighted by atomic mass is 35.5. The van der Waals surface area contributed by atoms with E-state index >= 15 is 0 Å². The maximum atomic E-state index is 12.3. The fourth-order valence-electron chi connectivity index (χ4n) is 3.25. The average molecular weight is 399 g/mol. The summed E-state index contributed by atoms with van der Waals surface area (Å²) in [7, 11) is 0. The highest BCUT2D eigenvalue weighted by molar-refractivity contribution is 6.35. The minimum Gasteiger partial charge on any atom is -0.492 e. The molecule has 0 bridgehead atoms. The van der Waals surface area contributed by atoms with Crippen molar-refractivity contribution in [2.75, 3.05) is 32.8 Å². The Morgan fingerprint density at radius 1 is 1.08 bits per heavy atom. The van der Waals surface area contributed by atoms with Crippen LogP contribution in [0.2, 0.25) is 10.0 Å². The van der Waals surface area contributed by atoms with Crippen molar-refractivity contribution < 1.29 is 14.3 Å². The summed E-state index contributed by atoms with van der Waals surface area (Å²) in [5.74, 6) is 1.20. The van der Waals surface area contributed by atoms with E-state index in [4.69, 9.17) is 27.9 Å². The number of piperazine rings is 1. The third kappa shape index (κ3) is 4.83. The molecule has 1 saturated heterocycles. The van der Waals surface area contributed by atoms with Crippen LogP contribution in [0.15, 0.2) is 18.2 Å². The van der Waals surface area contributed by atoms with E-state index < -0.39 is 0 Å². The van der Waals surface area contributed by atoms with Gasteiger partial charge < -0.3 is 14.5 Å². The maximum Gasteiger partial charge on any atom is 0.225 e. The molecule has 1 aliphatic carbocycles. The summed E-state index contributed by atoms with van der Waals surface area (Å²) in [4.78, 5) is 28.3. The second-order valence-corrected chi connectivity index (χ2v) is 7.70. The predicted molar refractivity (Wildman–Crippen MR) is 102 cm³/mol. The van der Waals surface area contributed by atoms with Gasteiger partial charge in [0.15, 0.2) is 0 Å². The molecule has 0 atom stereocenters. The van der Waals surface area contributed by atoms with E-state index in [9.17, 15) is 9.59 Å². The quantitative estimate of drug-likeness (QED) is 0.687. The van der Waals surface area contributed by atoms with Crippen LogP contribution in [-0.2, 0) is 9.59 Å². The molecule has 2 fully saturated rings. The number of ether oxygens (including phenoxy) is 1. The summed E-state index contributed by atoms with van der Waals surface area (Å²) >= 11 is 11.9. The predicted octanol–water partition coefficient (Wildman–Crippen LogP) is 3.62. The monoisotopic (exact) mass is 398 g/mol. The lowest BCUT2D eigenvalue weighted by atomic mass is 9.84. The van der Waals surface area contributed by atoms with Crippen LogP contribution < -0.4 is 4.74 Å². The van der Waals surface area contributed by atoms with Crippen molar-refractivity contribution in [3.8, 4) is 5.75 Å². The molecule has 26 heavy (non-hydrogen) atoms. The lowest BCUT2D eigenvalue weighted by Crippen LogP contribution is -2.52. The van der Waals surface area contributed by atoms with Crippen LogP contribution in [0, 0.1) is 5.92 Å². The fraction of sp³-hybridized carbons (Fsp3) is 0.579. The Kier molecular flexibility index (Phi) is 6.65. The molecule has 0 N–H and O–H groups in total. The van der Waals surface area contributed by atoms with Crippen LogP contribution in [0.25, 0.3) is 0 Å². The van der Waals surface area contributed by atoms with Gasteiger partial charge in [-0.3, -0.25) is 9.59 Å². The molecule has 3 rings (SSSR count). The molecule has 1 aliphatic heterocycles. The summed E-state index contributed by atoms with van der Waals surface area (Å²) in [6, 6.07) is 5.08. The first kappa shape index (κ1) is 19.3. The Morgan fingerprint density at radius 3 is 2.38 bits per heavy atom. The molecule has 142 valence electrons. The van der Waals surface area contributed by atoms with Crippen molar-refractivity contribution in [1.82, 2.24) is 9.80 Å². The van der Waals surface area contributed by atoms with E-state index in [2.05, 4.69) is 0 Å². The Hall–Kier alpha value is -1.46. The standard InChI is InChI=1S/C19H24Cl2N2O3/c20-15-6-7-17(16(21)13-15)26-12-2-5-18(24)22-8-10-23(11-9-22)19(25)14-3-1-4-14/h6-7,13-14H,1-5,8-12H2. The first-order chi connectivity index (χ1) is 12.5. The Bertz CT molecular complexity index is 656. The van der Waals surface area contributed by atoms with Crippen LogP contribution in [0.4, 0.5) is 0 Å². The fourth-order valence-corrected chi connectivity index (χ4v) is 3.71. The molecule has 2 amide bonds. The molecular formula is C19H24Cl2N2O3. The van der Waals surface area contributed by atoms with E-state index in [1.165, 1.54) is 0 Å². The van der Waals surface area contributed by atoms with Gasteiger partial charge in [-0.15, -0.1) is 0 Å². The van der Waals surface area contributed by atoms with E-state index in [-0.39, 0.29) is 17.7 Å². The highest BCUT2D eigenvalue weighted by Crippen LogP contribution is 2.29. The van der Waals surface area contributed by atoms with Gasteiger partial charge in [0.25, 0.3) is 0 Å². The molecule has 5 nitrogen and oxygen atoms in total. The van der Waals surface area contributed by atoms with Gasteiger partial charge in [0.05, 0.1) is 11.6 Å². The van der Waals surface area contributed by atoms with Gasteiger partial charge in [0, 0.05) is 43.5 Å². The molecule has 2 aliphatic rings. The van der Waals surface area contributed by atoms with E-state index in [1.807, 2.05) is 9.80 Å². The number of halogens is 2. The minimum atomic E-state index is 0.117. The van der Waals surface area contributed by atoms with Crippen LogP contribution in [-0.4, -0.2) is 54.4 Å². The molecule has 0 unspecified atom stereocenters. The summed E-state index contributed by atoms with van der Waals surface area (Å²) in [6.45, 7) is 2.98. The van der Waals surface area contributed by atoms with E-state index in [1.54, 1.807) is 18.2 Å². The number of hydrogen-bond donors (Lipinski definition) is 0. The highest BCUT2D eigenvalue weighted by Gasteiger charge is 2.31. The number of carbonyl (C=O) groups is 2. The van der Waals surface area contributed by atoms with Crippen molar-refractivity contribution in [2.24, 2.45) is 5.92 Å². The van der Waals surface area contributed by atoms with E-state index in [0.717, 1.165) is 19.3 Å². The lowest BCUT2D eigenvalue weighted by Gasteiger charge is -2.38. The number of benzene rings is 1. The second kappa shape index (κ2) is 8.96. The molecule has 1 saturated carbocycles. The van der Waals surface area contributed by atoms with Crippen LogP contribution in [0.1, 0.15) is 32.1 Å². The maximum absolute atomic E-state index is 12.3. The smallest absolute Gasteiger partial charge is 0.225 e. The molecule has 1 aromatic carbocycles. The summed E-state index contributed by atoms with van der Waals surface area (Å²) < 4.78 is 5.61. The summed E-state index contributed by atoms with van der Waals surface area (Å²) in [6.07, 6.45) is 4.27. The molecular weight excluding hydrogens is 375 g/mol. The first-order valence-corrected chi connectivity index (χ1v) is 9.94. The summed E-state index contributed by atoms with van der Waals surface area (Å²) in [5, 5.41) is 1.03. The molecule has 0 aromatic heterocycles. The van der Waals surface area contributed by atoms with Crippen LogP contribution >= 0.6 is 23.2 Å². The second-order valence-electron chi connectivity index (χ2n) is 6.86. The SMILES string of the molecule is O=C(CCCOc1ccc(Cl)cc1Cl)N1CCN(C(=O)C2CCC2)CC1. The van der Waals surface area contributed by atoms with Crippen molar-refractivity contribution in [2.45, 2.75) is 32.1 Å². The van der Waals surface area contributed by atoms with E-state index in [0.29, 0.717) is 61.4 Å². The van der Waals surface area contributed by atoms with Crippen molar-refractivity contribution in [3.63, 3.8) is 0 Å². The normalized spacial score (nSPS) is 17.8. The lowest BCUT2D eigenvalue weighted by molar-refractivity contribution is -0.144. The van der Waals surface area contributed by atoms with Gasteiger partial charge in [0.2, 0.25) is 11.8 Å². The zero-order valence-electron chi connectivity index (χ0n) is 14.8. The van der Waals surface area contributed by atoms with Gasteiger partial charge in [-0.25, -0.2) is 0 Å². The Morgan fingerprint density at radius 2 is 1.77 bits per heavy atom. The largest absolute Gasteiger partial charge is 0.492 e. The minimum absolute atomic E-state index is 0.117. The Balaban J connectivity index is 1.34. The average Bonchev–Trinajstić information content (AvgIpc) is 2.58. The number of rotatable bonds is 6. The molecule has 0 spiro atoms. The molecule has 0 radical (unpaired) electrons. The first-order valence-electron chi connectivity index (χ1n) is 9.19. The zero-order chi connectivity index (χ0) is 18.5. The number of hydrogen-bond acceptors (Lipinski definition) is 3. The van der Waals surface area contributed by atoms with Crippen molar-refractivity contribution >= 4 is 35.0 Å². The van der Waals surface area contributed by atoms with Crippen LogP contribution in [0.3, 0.4) is 0 Å². The van der Waals surface area contributed by atoms with Crippen molar-refractivity contribution in [1.29, 1.82) is 0 Å². The third-order valence-corrected chi connectivity index (χ3v) is 5.62. The van der Waals surface area contributed by atoms with Gasteiger partial charge in [0.1, 0.15) is 5.75 Å². The summed E-state index contributed by atoms with van der Waals surface area (Å²) in [5.41, 5.74) is 0. The number of amides is 2. The molecule has 7 heteroatoms. The number of nitrogens with zero attached hydrogens (tertiary/aromatic N) is 2. The topological polar surface area (TPSA) is 49.9 Å². The third-order valence-electron chi connectivity index (χ3n) is 5.08. The van der Waals surface area contributed by atoms with Gasteiger partial charge in [-0.05, 0) is 37.5 Å². The van der Waals surface area contributed by atoms with Crippen LogP contribution in [0.5, 0.6) is 5.75 Å². The van der Waals surface area contributed by atoms with Gasteiger partial charge in [-0.1, -0.05) is 29.6 Å².